The molecular weight excluding hydrogens is 338 g/mol. The van der Waals surface area contributed by atoms with Crippen LogP contribution in [0.2, 0.25) is 0 Å². The molecule has 25 heavy (non-hydrogen) atoms. The summed E-state index contributed by atoms with van der Waals surface area (Å²) >= 11 is 0. The molecule has 7 heteroatoms. The lowest BCUT2D eigenvalue weighted by atomic mass is 9.65. The molecule has 6 nitrogen and oxygen atoms in total. The Morgan fingerprint density at radius 3 is 2.56 bits per heavy atom. The molecule has 1 saturated heterocycles. The maximum absolute atomic E-state index is 12.8. The summed E-state index contributed by atoms with van der Waals surface area (Å²) in [6.07, 6.45) is 10.7. The summed E-state index contributed by atoms with van der Waals surface area (Å²) in [5, 5.41) is 3.19. The molecule has 1 heterocycles. The SMILES string of the molecule is CC(C)C1N(C(=O)NC2CCCC2CNS(C)(=O)=O)CC12CC=CC2. The number of sulfonamides is 1. The molecule has 142 valence electrons. The number of nitrogens with one attached hydrogen (secondary N) is 2. The summed E-state index contributed by atoms with van der Waals surface area (Å²) in [6, 6.07) is 0.372. The maximum atomic E-state index is 12.8. The van der Waals surface area contributed by atoms with E-state index in [2.05, 4.69) is 36.0 Å². The van der Waals surface area contributed by atoms with Crippen molar-refractivity contribution in [1.82, 2.24) is 14.9 Å². The first-order valence-corrected chi connectivity index (χ1v) is 11.3. The average molecular weight is 370 g/mol. The quantitative estimate of drug-likeness (QED) is 0.729. The van der Waals surface area contributed by atoms with Gasteiger partial charge in [-0.05, 0) is 37.5 Å². The molecule has 0 bridgehead atoms. The van der Waals surface area contributed by atoms with E-state index in [9.17, 15) is 13.2 Å². The van der Waals surface area contributed by atoms with E-state index in [4.69, 9.17) is 0 Å². The Bertz CT molecular complexity index is 636. The van der Waals surface area contributed by atoms with Crippen molar-refractivity contribution in [3.8, 4) is 0 Å². The zero-order chi connectivity index (χ0) is 18.2. The summed E-state index contributed by atoms with van der Waals surface area (Å²) in [5.74, 6) is 0.616. The minimum atomic E-state index is -3.19. The van der Waals surface area contributed by atoms with Gasteiger partial charge in [0.05, 0.1) is 6.26 Å². The van der Waals surface area contributed by atoms with Crippen molar-refractivity contribution >= 4 is 16.1 Å². The zero-order valence-corrected chi connectivity index (χ0v) is 16.3. The van der Waals surface area contributed by atoms with Crippen LogP contribution in [0.1, 0.15) is 46.0 Å². The Morgan fingerprint density at radius 2 is 1.96 bits per heavy atom. The minimum absolute atomic E-state index is 0.0208. The van der Waals surface area contributed by atoms with Crippen LogP contribution in [0.4, 0.5) is 4.79 Å². The zero-order valence-electron chi connectivity index (χ0n) is 15.5. The average Bonchev–Trinajstić information content (AvgIpc) is 3.11. The van der Waals surface area contributed by atoms with E-state index in [0.29, 0.717) is 12.5 Å². The number of hydrogen-bond acceptors (Lipinski definition) is 3. The monoisotopic (exact) mass is 369 g/mol. The summed E-state index contributed by atoms with van der Waals surface area (Å²) in [4.78, 5) is 14.8. The van der Waals surface area contributed by atoms with Gasteiger partial charge in [-0.3, -0.25) is 0 Å². The third-order valence-corrected chi connectivity index (χ3v) is 6.82. The van der Waals surface area contributed by atoms with Gasteiger partial charge >= 0.3 is 6.03 Å². The Labute approximate surface area is 151 Å². The molecule has 1 spiro atoms. The first-order chi connectivity index (χ1) is 11.7. The molecule has 0 aromatic heterocycles. The van der Waals surface area contributed by atoms with Crippen LogP contribution in [0.25, 0.3) is 0 Å². The van der Waals surface area contributed by atoms with Gasteiger partial charge in [0.1, 0.15) is 0 Å². The van der Waals surface area contributed by atoms with Crippen LogP contribution in [-0.4, -0.2) is 50.8 Å². The lowest BCUT2D eigenvalue weighted by Crippen LogP contribution is -2.69. The first-order valence-electron chi connectivity index (χ1n) is 9.39. The van der Waals surface area contributed by atoms with Gasteiger partial charge in [0.15, 0.2) is 0 Å². The van der Waals surface area contributed by atoms with Crippen molar-refractivity contribution in [2.24, 2.45) is 17.3 Å². The molecular formula is C18H31N3O3S. The van der Waals surface area contributed by atoms with Gasteiger partial charge in [0.2, 0.25) is 10.0 Å². The van der Waals surface area contributed by atoms with Gasteiger partial charge in [0, 0.05) is 30.6 Å². The molecule has 0 aromatic rings. The Kier molecular flexibility index (Phi) is 5.17. The number of hydrogen-bond donors (Lipinski definition) is 2. The fourth-order valence-electron chi connectivity index (χ4n) is 5.08. The standard InChI is InChI=1S/C18H31N3O3S/c1-13(2)16-18(9-4-5-10-18)12-21(16)17(22)20-15-8-6-7-14(15)11-19-25(3,23)24/h4-5,13-16,19H,6-12H2,1-3H3,(H,20,22). The van der Waals surface area contributed by atoms with Crippen molar-refractivity contribution < 1.29 is 13.2 Å². The van der Waals surface area contributed by atoms with E-state index in [1.807, 2.05) is 4.90 Å². The maximum Gasteiger partial charge on any atom is 0.317 e. The Balaban J connectivity index is 1.58. The van der Waals surface area contributed by atoms with E-state index < -0.39 is 10.0 Å². The fourth-order valence-corrected chi connectivity index (χ4v) is 5.59. The van der Waals surface area contributed by atoms with Crippen LogP contribution in [0.15, 0.2) is 12.2 Å². The predicted molar refractivity (Wildman–Crippen MR) is 98.6 cm³/mol. The van der Waals surface area contributed by atoms with Gasteiger partial charge in [-0.25, -0.2) is 17.9 Å². The normalized spacial score (nSPS) is 30.9. The highest BCUT2D eigenvalue weighted by Gasteiger charge is 2.55. The summed E-state index contributed by atoms with van der Waals surface area (Å²) in [7, 11) is -3.19. The predicted octanol–water partition coefficient (Wildman–Crippen LogP) is 2.09. The molecule has 0 aromatic carbocycles. The molecule has 1 aliphatic heterocycles. The fraction of sp³-hybridized carbons (Fsp3) is 0.833. The third-order valence-electron chi connectivity index (χ3n) is 6.13. The molecule has 2 fully saturated rings. The number of carbonyl (C=O) groups is 1. The molecule has 3 rings (SSSR count). The summed E-state index contributed by atoms with van der Waals surface area (Å²) in [5.41, 5.74) is 0.248. The van der Waals surface area contributed by atoms with Gasteiger partial charge in [-0.1, -0.05) is 32.4 Å². The largest absolute Gasteiger partial charge is 0.335 e. The van der Waals surface area contributed by atoms with Crippen LogP contribution in [0, 0.1) is 17.3 Å². The second-order valence-corrected chi connectivity index (χ2v) is 10.3. The Morgan fingerprint density at radius 1 is 1.28 bits per heavy atom. The number of urea groups is 1. The number of amides is 2. The van der Waals surface area contributed by atoms with Crippen molar-refractivity contribution in [2.45, 2.75) is 58.0 Å². The molecule has 3 unspecified atom stereocenters. The van der Waals surface area contributed by atoms with Crippen molar-refractivity contribution in [3.05, 3.63) is 12.2 Å². The summed E-state index contributed by atoms with van der Waals surface area (Å²) < 4.78 is 25.2. The molecule has 1 saturated carbocycles. The second-order valence-electron chi connectivity index (χ2n) is 8.43. The van der Waals surface area contributed by atoms with E-state index in [1.54, 1.807) is 0 Å². The Hall–Kier alpha value is -1.08. The molecule has 2 amide bonds. The molecule has 2 aliphatic carbocycles. The number of rotatable bonds is 5. The van der Waals surface area contributed by atoms with Crippen molar-refractivity contribution in [1.29, 1.82) is 0 Å². The van der Waals surface area contributed by atoms with Gasteiger partial charge < -0.3 is 10.2 Å². The summed E-state index contributed by atoms with van der Waals surface area (Å²) in [6.45, 7) is 5.62. The number of nitrogens with zero attached hydrogens (tertiary/aromatic N) is 1. The molecule has 3 atom stereocenters. The molecule has 2 N–H and O–H groups in total. The molecule has 0 radical (unpaired) electrons. The van der Waals surface area contributed by atoms with Crippen LogP contribution in [-0.2, 0) is 10.0 Å². The van der Waals surface area contributed by atoms with Gasteiger partial charge in [-0.2, -0.15) is 0 Å². The highest BCUT2D eigenvalue weighted by molar-refractivity contribution is 7.88. The van der Waals surface area contributed by atoms with Crippen molar-refractivity contribution in [2.75, 3.05) is 19.3 Å². The number of likely N-dealkylation sites (tertiary alicyclic amines) is 1. The minimum Gasteiger partial charge on any atom is -0.335 e. The molecule has 3 aliphatic rings. The van der Waals surface area contributed by atoms with Gasteiger partial charge in [-0.15, -0.1) is 0 Å². The lowest BCUT2D eigenvalue weighted by Gasteiger charge is -2.58. The highest BCUT2D eigenvalue weighted by atomic mass is 32.2. The van der Waals surface area contributed by atoms with Crippen LogP contribution >= 0.6 is 0 Å². The van der Waals surface area contributed by atoms with Gasteiger partial charge in [0.25, 0.3) is 0 Å². The topological polar surface area (TPSA) is 78.5 Å². The highest BCUT2D eigenvalue weighted by Crippen LogP contribution is 2.50. The van der Waals surface area contributed by atoms with E-state index in [1.165, 1.54) is 6.26 Å². The first kappa shape index (κ1) is 18.7. The van der Waals surface area contributed by atoms with Crippen LogP contribution < -0.4 is 10.0 Å². The third kappa shape index (κ3) is 3.87. The van der Waals surface area contributed by atoms with E-state index in [-0.39, 0.29) is 29.4 Å². The number of allylic oxidation sites excluding steroid dienone is 2. The lowest BCUT2D eigenvalue weighted by molar-refractivity contribution is -0.0584. The van der Waals surface area contributed by atoms with Crippen LogP contribution in [0.5, 0.6) is 0 Å². The second kappa shape index (κ2) is 6.91. The number of carbonyl (C=O) groups excluding carboxylic acids is 1. The van der Waals surface area contributed by atoms with E-state index in [0.717, 1.165) is 38.6 Å². The smallest absolute Gasteiger partial charge is 0.317 e. The van der Waals surface area contributed by atoms with Crippen molar-refractivity contribution in [3.63, 3.8) is 0 Å². The van der Waals surface area contributed by atoms with E-state index >= 15 is 0 Å². The van der Waals surface area contributed by atoms with Crippen LogP contribution in [0.3, 0.4) is 0 Å².